The zero-order valence-electron chi connectivity index (χ0n) is 68.8. The van der Waals surface area contributed by atoms with Crippen molar-refractivity contribution in [2.24, 2.45) is 0 Å². The summed E-state index contributed by atoms with van der Waals surface area (Å²) in [5.41, 5.74) is 7.63. The van der Waals surface area contributed by atoms with Gasteiger partial charge in [0.15, 0.2) is 9.84 Å². The monoisotopic (exact) mass is 1630 g/mol. The Hall–Kier alpha value is -7.39. The minimum Gasteiger partial charge on any atom is -0.427 e. The van der Waals surface area contributed by atoms with Crippen LogP contribution in [0.3, 0.4) is 0 Å². The molecule has 21 heteroatoms. The second-order valence-electron chi connectivity index (χ2n) is 33.2. The zero-order chi connectivity index (χ0) is 83.9. The number of sulfone groups is 2. The van der Waals surface area contributed by atoms with E-state index in [-0.39, 0.29) is 74.1 Å². The zero-order valence-corrected chi connectivity index (χ0v) is 73.6. The van der Waals surface area contributed by atoms with E-state index in [1.54, 1.807) is 86.1 Å². The molecule has 1 atom stereocenters. The molecule has 0 aliphatic heterocycles. The third-order valence-electron chi connectivity index (χ3n) is 15.8. The lowest BCUT2D eigenvalue weighted by atomic mass is 9.87. The molecule has 1 heterocycles. The predicted octanol–water partition coefficient (Wildman–Crippen LogP) is 24.4. The molecule has 0 N–H and O–H groups in total. The highest BCUT2D eigenvalue weighted by Crippen LogP contribution is 2.36. The van der Waals surface area contributed by atoms with Gasteiger partial charge in [-0.15, -0.1) is 11.3 Å². The summed E-state index contributed by atoms with van der Waals surface area (Å²) in [6.45, 7) is 50.8. The highest BCUT2D eigenvalue weighted by atomic mass is 35.5. The molecule has 0 saturated carbocycles. The van der Waals surface area contributed by atoms with Crippen molar-refractivity contribution in [3.63, 3.8) is 0 Å². The van der Waals surface area contributed by atoms with Gasteiger partial charge in [0.05, 0.1) is 19.8 Å². The van der Waals surface area contributed by atoms with Gasteiger partial charge in [0.2, 0.25) is 9.84 Å². The van der Waals surface area contributed by atoms with Gasteiger partial charge in [-0.3, -0.25) is 23.4 Å². The van der Waals surface area contributed by atoms with Crippen molar-refractivity contribution in [3.8, 4) is 23.0 Å². The summed E-state index contributed by atoms with van der Waals surface area (Å²) in [5.74, 6) is -3.37. The fraction of sp³-hybridized carbons (Fsp3) is 0.438. The summed E-state index contributed by atoms with van der Waals surface area (Å²) >= 11 is 13.1. The maximum Gasteiger partial charge on any atom is 0.310 e. The minimum atomic E-state index is -3.95. The van der Waals surface area contributed by atoms with Crippen LogP contribution >= 0.6 is 34.5 Å². The van der Waals surface area contributed by atoms with Gasteiger partial charge in [-0.1, -0.05) is 269 Å². The number of ether oxygens (including phenoxy) is 4. The van der Waals surface area contributed by atoms with Gasteiger partial charge in [-0.2, -0.15) is 0 Å². The van der Waals surface area contributed by atoms with E-state index in [4.69, 9.17) is 42.1 Å². The summed E-state index contributed by atoms with van der Waals surface area (Å²) in [6.07, 6.45) is 2.46. The molecule has 0 bridgehead atoms. The van der Waals surface area contributed by atoms with Crippen molar-refractivity contribution >= 4 is 88.9 Å². The fourth-order valence-corrected chi connectivity index (χ4v) is 14.0. The molecule has 0 fully saturated rings. The maximum atomic E-state index is 12.9. The molecule has 606 valence electrons. The number of hydrogen-bond donors (Lipinski definition) is 0. The molecule has 7 aromatic carbocycles. The van der Waals surface area contributed by atoms with Crippen molar-refractivity contribution in [1.82, 2.24) is 0 Å². The Morgan fingerprint density at radius 1 is 0.409 bits per heavy atom. The molecule has 0 radical (unpaired) electrons. The first-order chi connectivity index (χ1) is 49.6. The van der Waals surface area contributed by atoms with Gasteiger partial charge < -0.3 is 18.9 Å². The second kappa shape index (κ2) is 42.5. The molecule has 0 saturated heterocycles. The number of carbonyl (C=O) groups excluding carboxylic acids is 4. The molecular formula is C89H120Cl2F2O13S4. The Bertz CT molecular complexity index is 4550. The number of carbonyl (C=O) groups is 4. The third-order valence-corrected chi connectivity index (χ3v) is 22.4. The number of alkyl halides is 2. The van der Waals surface area contributed by atoms with E-state index in [2.05, 4.69) is 131 Å². The van der Waals surface area contributed by atoms with Gasteiger partial charge in [0, 0.05) is 55.6 Å². The van der Waals surface area contributed by atoms with E-state index in [1.165, 1.54) is 48.4 Å². The summed E-state index contributed by atoms with van der Waals surface area (Å²) in [7, 11) is -8.18. The lowest BCUT2D eigenvalue weighted by molar-refractivity contribution is -0.134. The lowest BCUT2D eigenvalue weighted by Gasteiger charge is -2.20. The number of halogens is 4. The van der Waals surface area contributed by atoms with E-state index >= 15 is 0 Å². The predicted molar refractivity (Wildman–Crippen MR) is 452 cm³/mol. The van der Waals surface area contributed by atoms with Crippen molar-refractivity contribution in [2.75, 3.05) is 12.0 Å². The van der Waals surface area contributed by atoms with Crippen LogP contribution in [-0.4, -0.2) is 62.9 Å². The smallest absolute Gasteiger partial charge is 0.310 e. The third kappa shape index (κ3) is 36.4. The first-order valence-electron chi connectivity index (χ1n) is 35.8. The molecule has 1 unspecified atom stereocenters. The number of esters is 4. The van der Waals surface area contributed by atoms with Crippen molar-refractivity contribution in [2.45, 2.75) is 263 Å². The Morgan fingerprint density at radius 3 is 1.09 bits per heavy atom. The first-order valence-corrected chi connectivity index (χ1v) is 42.1. The van der Waals surface area contributed by atoms with Crippen LogP contribution in [-0.2, 0) is 87.6 Å². The Kier molecular flexibility index (Phi) is 38.9. The highest BCUT2D eigenvalue weighted by Gasteiger charge is 2.32. The molecule has 0 amide bonds. The van der Waals surface area contributed by atoms with Crippen LogP contribution in [0.1, 0.15) is 239 Å². The molecule has 8 rings (SSSR count). The molecule has 0 spiro atoms. The van der Waals surface area contributed by atoms with E-state index in [0.29, 0.717) is 61.9 Å². The van der Waals surface area contributed by atoms with Gasteiger partial charge in [0.25, 0.3) is 5.92 Å². The van der Waals surface area contributed by atoms with Crippen molar-refractivity contribution in [1.29, 1.82) is 0 Å². The van der Waals surface area contributed by atoms with E-state index in [1.807, 2.05) is 112 Å². The van der Waals surface area contributed by atoms with Crippen LogP contribution in [0.4, 0.5) is 8.78 Å². The number of thiophene rings is 1. The molecular weight excluding hydrogens is 1510 g/mol. The fourth-order valence-electron chi connectivity index (χ4n) is 9.24. The lowest BCUT2D eigenvalue weighted by Crippen LogP contribution is -2.24. The summed E-state index contributed by atoms with van der Waals surface area (Å²) < 4.78 is 106. The van der Waals surface area contributed by atoms with Gasteiger partial charge in [0.1, 0.15) is 33.0 Å². The van der Waals surface area contributed by atoms with E-state index < -0.39 is 42.1 Å². The highest BCUT2D eigenvalue weighted by molar-refractivity contribution is 7.93. The van der Waals surface area contributed by atoms with Crippen LogP contribution in [0.2, 0.25) is 10.0 Å². The number of hydrogen-bond acceptors (Lipinski definition) is 14. The number of benzene rings is 7. The van der Waals surface area contributed by atoms with Crippen LogP contribution in [0.25, 0.3) is 0 Å². The summed E-state index contributed by atoms with van der Waals surface area (Å²) in [5, 5.41) is 2.70. The van der Waals surface area contributed by atoms with Gasteiger partial charge in [-0.25, -0.2) is 25.6 Å². The molecule has 0 aliphatic carbocycles. The second-order valence-corrected chi connectivity index (χ2v) is 40.5. The topological polar surface area (TPSA) is 191 Å². The van der Waals surface area contributed by atoms with E-state index in [0.717, 1.165) is 32.7 Å². The largest absolute Gasteiger partial charge is 0.427 e. The Balaban J connectivity index is 0.000000642. The van der Waals surface area contributed by atoms with Gasteiger partial charge in [-0.05, 0) is 173 Å². The maximum absolute atomic E-state index is 12.9. The van der Waals surface area contributed by atoms with Crippen LogP contribution in [0.15, 0.2) is 194 Å². The first kappa shape index (κ1) is 101. The van der Waals surface area contributed by atoms with Crippen molar-refractivity contribution in [3.05, 3.63) is 224 Å². The van der Waals surface area contributed by atoms with Gasteiger partial charge >= 0.3 is 23.9 Å². The quantitative estimate of drug-likeness (QED) is 0.0830. The SMILES string of the molecule is C.CC(=O)Oc1cc(C(C)(C)C)ccc1Cl.CC(=O)Oc1cccc(C(C)(C)C)c1.CC(C)(C)c1cccc(S(=O)(=O)c2cccs2)c1.CC(F)(F)CS(=O)(=O)c1cccc(C(C)(C)C)c1.CCC(=O)Oc1cc(C(C)(C)C)ccc1Cl.CCC(=O)Oc1cccc(C(C)(C)C)c1.CS(=O)c1cccc(C(C)(C)C)c1. The average Bonchev–Trinajstić information content (AvgIpc) is 1.36. The number of rotatable bonds is 12. The molecule has 8 aromatic rings. The van der Waals surface area contributed by atoms with Crippen LogP contribution in [0.5, 0.6) is 23.0 Å². The Labute approximate surface area is 674 Å². The van der Waals surface area contributed by atoms with Crippen molar-refractivity contribution < 1.29 is 68.0 Å². The normalized spacial score (nSPS) is 12.1. The Morgan fingerprint density at radius 2 is 0.736 bits per heavy atom. The van der Waals surface area contributed by atoms with E-state index in [9.17, 15) is 49.0 Å². The molecule has 13 nitrogen and oxygen atoms in total. The molecule has 110 heavy (non-hydrogen) atoms. The van der Waals surface area contributed by atoms with Crippen LogP contribution in [0, 0.1) is 0 Å². The average molecular weight is 1640 g/mol. The standard InChI is InChI=1S/C14H16O2S2.C13H17ClO2.C13H18F2O2S.C13H18O2.C12H15ClO2.C12H16O2.C11H16OS.CH4/c1-14(2,3)11-6-4-7-12(10-11)18(15,16)13-8-5-9-17-13;1-5-12(15)16-11-8-9(13(2,3)4)6-7-10(11)14;1-12(2,3)10-6-5-7-11(8-10)18(16,17)9-13(4,14)15;1-5-12(14)15-11-8-6-7-10(9-11)13(2,3)4;1-8(14)15-11-7-9(12(2,3)4)5-6-10(11)13;1-9(13)14-11-7-5-6-10(8-11)12(2,3)4;1-11(2,3)9-6-5-7-10(8-9)13(4)12;/h4-10H,1-3H3;6-8H,5H2,1-4H3;5-8H,9H2,1-4H3;6-9H,5H2,1-4H3;5-7H,1-4H3;5-8H,1-4H3;5-8H,1-4H3;1H4. The molecule has 1 aromatic heterocycles. The summed E-state index contributed by atoms with van der Waals surface area (Å²) in [6, 6.07) is 51.2. The van der Waals surface area contributed by atoms with Crippen LogP contribution < -0.4 is 18.9 Å². The molecule has 0 aliphatic rings. The minimum absolute atomic E-state index is 0. The summed E-state index contributed by atoms with van der Waals surface area (Å²) in [4.78, 5) is 45.2.